The van der Waals surface area contributed by atoms with Crippen LogP contribution in [-0.4, -0.2) is 20.1 Å². The first-order chi connectivity index (χ1) is 7.18. The van der Waals surface area contributed by atoms with Gasteiger partial charge in [0.2, 0.25) is 0 Å². The number of benzene rings is 1. The topological polar surface area (TPSA) is 77.0 Å². The second-order valence-electron chi connectivity index (χ2n) is 3.37. The number of rotatable bonds is 2. The molecule has 0 aliphatic rings. The number of aromatic hydroxyl groups is 1. The van der Waals surface area contributed by atoms with Crippen LogP contribution in [0.2, 0.25) is 0 Å². The molecule has 1 unspecified atom stereocenters. The van der Waals surface area contributed by atoms with E-state index in [0.29, 0.717) is 11.4 Å². The number of para-hydroxylation sites is 2. The molecule has 15 heavy (non-hydrogen) atoms. The van der Waals surface area contributed by atoms with E-state index >= 15 is 0 Å². The van der Waals surface area contributed by atoms with Gasteiger partial charge in [0.05, 0.1) is 11.9 Å². The van der Waals surface area contributed by atoms with E-state index in [9.17, 15) is 5.11 Å². The summed E-state index contributed by atoms with van der Waals surface area (Å²) in [6.07, 6.45) is 1.71. The Kier molecular flexibility index (Phi) is 2.39. The number of phenolic OH excluding ortho intramolecular Hbond substituents is 1. The van der Waals surface area contributed by atoms with Gasteiger partial charge in [-0.2, -0.15) is 0 Å². The van der Waals surface area contributed by atoms with Crippen molar-refractivity contribution in [2.45, 2.75) is 13.0 Å². The predicted octanol–water partition coefficient (Wildman–Crippen LogP) is 0.993. The normalized spacial score (nSPS) is 12.7. The quantitative estimate of drug-likeness (QED) is 0.764. The van der Waals surface area contributed by atoms with Gasteiger partial charge in [-0.25, -0.2) is 4.68 Å². The molecule has 1 heterocycles. The number of nitrogens with zero attached hydrogens (tertiary/aromatic N) is 3. The van der Waals surface area contributed by atoms with E-state index in [1.165, 1.54) is 4.68 Å². The molecule has 0 aliphatic carbocycles. The Labute approximate surface area is 87.1 Å². The van der Waals surface area contributed by atoms with Crippen LogP contribution in [0.15, 0.2) is 30.5 Å². The molecule has 1 aromatic carbocycles. The Morgan fingerprint density at radius 3 is 2.73 bits per heavy atom. The number of aromatic nitrogens is 3. The number of nitrogens with two attached hydrogens (primary N) is 1. The smallest absolute Gasteiger partial charge is 0.141 e. The van der Waals surface area contributed by atoms with Crippen molar-refractivity contribution in [3.8, 4) is 11.4 Å². The Hall–Kier alpha value is -1.88. The largest absolute Gasteiger partial charge is 0.506 e. The highest BCUT2D eigenvalue weighted by atomic mass is 16.3. The molecule has 3 N–H and O–H groups in total. The molecule has 0 aliphatic heterocycles. The Morgan fingerprint density at radius 1 is 1.40 bits per heavy atom. The van der Waals surface area contributed by atoms with Crippen LogP contribution in [0, 0.1) is 0 Å². The van der Waals surface area contributed by atoms with Crippen LogP contribution in [0.5, 0.6) is 5.75 Å². The highest BCUT2D eigenvalue weighted by Crippen LogP contribution is 2.20. The first-order valence-corrected chi connectivity index (χ1v) is 4.64. The maximum atomic E-state index is 9.59. The zero-order valence-corrected chi connectivity index (χ0v) is 8.33. The summed E-state index contributed by atoms with van der Waals surface area (Å²) >= 11 is 0. The molecule has 2 aromatic rings. The summed E-state index contributed by atoms with van der Waals surface area (Å²) in [6.45, 7) is 1.83. The molecule has 0 saturated carbocycles. The molecule has 0 saturated heterocycles. The Morgan fingerprint density at radius 2 is 2.13 bits per heavy atom. The van der Waals surface area contributed by atoms with Crippen molar-refractivity contribution < 1.29 is 5.11 Å². The van der Waals surface area contributed by atoms with Crippen molar-refractivity contribution in [3.63, 3.8) is 0 Å². The summed E-state index contributed by atoms with van der Waals surface area (Å²) in [6, 6.07) is 6.77. The zero-order valence-electron chi connectivity index (χ0n) is 8.33. The second kappa shape index (κ2) is 3.70. The highest BCUT2D eigenvalue weighted by molar-refractivity contribution is 5.44. The first-order valence-electron chi connectivity index (χ1n) is 4.64. The molecule has 0 amide bonds. The molecule has 5 heteroatoms. The molecular formula is C10H12N4O. The van der Waals surface area contributed by atoms with Crippen LogP contribution in [0.1, 0.15) is 18.7 Å². The summed E-state index contributed by atoms with van der Waals surface area (Å²) in [5.74, 6) is 0.165. The van der Waals surface area contributed by atoms with Crippen LogP contribution in [0.4, 0.5) is 0 Å². The summed E-state index contributed by atoms with van der Waals surface area (Å²) in [5.41, 5.74) is 6.95. The van der Waals surface area contributed by atoms with E-state index in [-0.39, 0.29) is 11.8 Å². The number of phenols is 1. The molecule has 1 atom stereocenters. The third-order valence-corrected chi connectivity index (χ3v) is 2.11. The molecular weight excluding hydrogens is 192 g/mol. The molecule has 1 aromatic heterocycles. The third-order valence-electron chi connectivity index (χ3n) is 2.11. The minimum atomic E-state index is -0.162. The average Bonchev–Trinajstić information content (AvgIpc) is 2.67. The molecule has 5 nitrogen and oxygen atoms in total. The average molecular weight is 204 g/mol. The van der Waals surface area contributed by atoms with Gasteiger partial charge in [-0.1, -0.05) is 17.3 Å². The van der Waals surface area contributed by atoms with Crippen molar-refractivity contribution in [1.82, 2.24) is 15.0 Å². The van der Waals surface area contributed by atoms with Crippen LogP contribution in [-0.2, 0) is 0 Å². The minimum absolute atomic E-state index is 0.162. The van der Waals surface area contributed by atoms with Gasteiger partial charge in [0.25, 0.3) is 0 Å². The number of hydrogen-bond donors (Lipinski definition) is 2. The van der Waals surface area contributed by atoms with Gasteiger partial charge in [-0.05, 0) is 19.1 Å². The second-order valence-corrected chi connectivity index (χ2v) is 3.37. The highest BCUT2D eigenvalue weighted by Gasteiger charge is 2.08. The van der Waals surface area contributed by atoms with Gasteiger partial charge in [0.1, 0.15) is 11.4 Å². The molecule has 0 fully saturated rings. The molecule has 0 spiro atoms. The predicted molar refractivity (Wildman–Crippen MR) is 55.6 cm³/mol. The zero-order chi connectivity index (χ0) is 10.8. The van der Waals surface area contributed by atoms with Gasteiger partial charge in [-0.3, -0.25) is 0 Å². The van der Waals surface area contributed by atoms with Crippen LogP contribution in [0.3, 0.4) is 0 Å². The van der Waals surface area contributed by atoms with E-state index in [2.05, 4.69) is 10.3 Å². The number of hydrogen-bond acceptors (Lipinski definition) is 4. The standard InChI is InChI=1S/C10H12N4O/c1-7(11)8-6-14(13-12-8)9-4-2-3-5-10(9)15/h2-7,15H,11H2,1H3. The Bertz CT molecular complexity index is 464. The molecule has 2 rings (SSSR count). The van der Waals surface area contributed by atoms with Crippen LogP contribution in [0.25, 0.3) is 5.69 Å². The van der Waals surface area contributed by atoms with E-state index in [1.54, 1.807) is 24.4 Å². The van der Waals surface area contributed by atoms with Gasteiger partial charge in [0, 0.05) is 6.04 Å². The summed E-state index contributed by atoms with van der Waals surface area (Å²) in [7, 11) is 0. The van der Waals surface area contributed by atoms with Gasteiger partial charge < -0.3 is 10.8 Å². The van der Waals surface area contributed by atoms with E-state index < -0.39 is 0 Å². The maximum Gasteiger partial charge on any atom is 0.141 e. The molecule has 0 radical (unpaired) electrons. The fourth-order valence-electron chi connectivity index (χ4n) is 1.26. The van der Waals surface area contributed by atoms with E-state index in [4.69, 9.17) is 5.73 Å². The van der Waals surface area contributed by atoms with Crippen LogP contribution < -0.4 is 5.73 Å². The van der Waals surface area contributed by atoms with Crippen molar-refractivity contribution >= 4 is 0 Å². The lowest BCUT2D eigenvalue weighted by atomic mass is 10.2. The fourth-order valence-corrected chi connectivity index (χ4v) is 1.26. The van der Waals surface area contributed by atoms with Crippen molar-refractivity contribution in [2.24, 2.45) is 5.73 Å². The summed E-state index contributed by atoms with van der Waals surface area (Å²) in [5, 5.41) is 17.4. The maximum absolute atomic E-state index is 9.59. The lowest BCUT2D eigenvalue weighted by Crippen LogP contribution is -2.04. The van der Waals surface area contributed by atoms with Crippen molar-refractivity contribution in [2.75, 3.05) is 0 Å². The van der Waals surface area contributed by atoms with Gasteiger partial charge in [0.15, 0.2) is 0 Å². The molecule has 78 valence electrons. The van der Waals surface area contributed by atoms with E-state index in [1.807, 2.05) is 13.0 Å². The lowest BCUT2D eigenvalue weighted by molar-refractivity contribution is 0.470. The lowest BCUT2D eigenvalue weighted by Gasteiger charge is -2.02. The van der Waals surface area contributed by atoms with Crippen molar-refractivity contribution in [1.29, 1.82) is 0 Å². The van der Waals surface area contributed by atoms with Gasteiger partial charge in [-0.15, -0.1) is 5.10 Å². The van der Waals surface area contributed by atoms with Crippen LogP contribution >= 0.6 is 0 Å². The SMILES string of the molecule is CC(N)c1cn(-c2ccccc2O)nn1. The third kappa shape index (κ3) is 1.82. The molecule has 0 bridgehead atoms. The van der Waals surface area contributed by atoms with Gasteiger partial charge >= 0.3 is 0 Å². The Balaban J connectivity index is 2.42. The monoisotopic (exact) mass is 204 g/mol. The summed E-state index contributed by atoms with van der Waals surface area (Å²) < 4.78 is 1.51. The van der Waals surface area contributed by atoms with E-state index in [0.717, 1.165) is 0 Å². The first kappa shape index (κ1) is 9.67. The van der Waals surface area contributed by atoms with Crippen molar-refractivity contribution in [3.05, 3.63) is 36.2 Å². The fraction of sp³-hybridized carbons (Fsp3) is 0.200. The minimum Gasteiger partial charge on any atom is -0.506 e. The summed E-state index contributed by atoms with van der Waals surface area (Å²) in [4.78, 5) is 0.